The molecule has 3 rings (SSSR count). The van der Waals surface area contributed by atoms with Gasteiger partial charge in [-0.1, -0.05) is 66.2 Å². The molecule has 2 aromatic carbocycles. The van der Waals surface area contributed by atoms with Gasteiger partial charge in [0.15, 0.2) is 0 Å². The van der Waals surface area contributed by atoms with Crippen LogP contribution in [0.1, 0.15) is 36.4 Å². The molecule has 0 spiro atoms. The number of hydrogen-bond donors (Lipinski definition) is 1. The number of primary amides is 1. The second-order valence-corrected chi connectivity index (χ2v) is 5.61. The van der Waals surface area contributed by atoms with Gasteiger partial charge in [0, 0.05) is 6.54 Å². The molecular weight excluding hydrogens is 272 g/mol. The minimum atomic E-state index is -0.302. The summed E-state index contributed by atoms with van der Waals surface area (Å²) >= 11 is 0. The highest BCUT2D eigenvalue weighted by molar-refractivity contribution is 5.72. The van der Waals surface area contributed by atoms with Gasteiger partial charge in [-0.2, -0.15) is 0 Å². The number of piperidine rings is 1. The first-order chi connectivity index (χ1) is 10.7. The molecule has 0 bridgehead atoms. The summed E-state index contributed by atoms with van der Waals surface area (Å²) in [7, 11) is 0. The summed E-state index contributed by atoms with van der Waals surface area (Å²) in [5, 5.41) is 0. The van der Waals surface area contributed by atoms with E-state index in [9.17, 15) is 4.79 Å². The summed E-state index contributed by atoms with van der Waals surface area (Å²) in [5.41, 5.74) is 7.89. The number of rotatable bonds is 1. The molecule has 0 radical (unpaired) electrons. The lowest BCUT2D eigenvalue weighted by atomic mass is 9.96. The molecule has 22 heavy (non-hydrogen) atoms. The molecule has 1 fully saturated rings. The van der Waals surface area contributed by atoms with E-state index in [1.807, 2.05) is 36.4 Å². The number of benzene rings is 2. The van der Waals surface area contributed by atoms with E-state index in [1.165, 1.54) is 17.5 Å². The number of hydrogen-bond acceptors (Lipinski definition) is 1. The van der Waals surface area contributed by atoms with E-state index >= 15 is 0 Å². The average Bonchev–Trinajstić information content (AvgIpc) is 2.57. The van der Waals surface area contributed by atoms with Gasteiger partial charge in [-0.15, -0.1) is 0 Å². The van der Waals surface area contributed by atoms with Crippen molar-refractivity contribution in [2.75, 3.05) is 6.54 Å². The standard InChI is InChI=1S/C12H16N2O.C7H8/c13-12(15)14-9-5-4-8-11(14)10-6-2-1-3-7-10;1-7-5-3-2-4-6-7/h1-3,6-7,11H,4-5,8-9H2,(H2,13,15);2-6H,1H3. The Labute approximate surface area is 132 Å². The van der Waals surface area contributed by atoms with Crippen molar-refractivity contribution in [2.45, 2.75) is 32.2 Å². The van der Waals surface area contributed by atoms with Crippen LogP contribution in [0.4, 0.5) is 4.79 Å². The molecule has 0 aromatic heterocycles. The number of nitrogens with zero attached hydrogens (tertiary/aromatic N) is 1. The van der Waals surface area contributed by atoms with Crippen molar-refractivity contribution in [1.29, 1.82) is 0 Å². The fourth-order valence-electron chi connectivity index (χ4n) is 2.75. The topological polar surface area (TPSA) is 46.3 Å². The van der Waals surface area contributed by atoms with Crippen molar-refractivity contribution in [1.82, 2.24) is 4.90 Å². The van der Waals surface area contributed by atoms with Gasteiger partial charge in [0.05, 0.1) is 6.04 Å². The van der Waals surface area contributed by atoms with E-state index < -0.39 is 0 Å². The number of amides is 2. The summed E-state index contributed by atoms with van der Waals surface area (Å²) in [6.07, 6.45) is 3.25. The van der Waals surface area contributed by atoms with Crippen LogP contribution in [0.15, 0.2) is 60.7 Å². The summed E-state index contributed by atoms with van der Waals surface area (Å²) in [6, 6.07) is 20.3. The number of carbonyl (C=O) groups excluding carboxylic acids is 1. The van der Waals surface area contributed by atoms with Gasteiger partial charge in [0.25, 0.3) is 0 Å². The van der Waals surface area contributed by atoms with Crippen LogP contribution in [0.2, 0.25) is 0 Å². The zero-order valence-corrected chi connectivity index (χ0v) is 13.1. The lowest BCUT2D eigenvalue weighted by molar-refractivity contribution is 0.160. The third-order valence-electron chi connectivity index (χ3n) is 3.91. The first kappa shape index (κ1) is 16.1. The summed E-state index contributed by atoms with van der Waals surface area (Å²) < 4.78 is 0. The van der Waals surface area contributed by atoms with Gasteiger partial charge in [-0.25, -0.2) is 4.79 Å². The van der Waals surface area contributed by atoms with Crippen molar-refractivity contribution in [3.8, 4) is 0 Å². The molecule has 1 unspecified atom stereocenters. The molecule has 1 heterocycles. The monoisotopic (exact) mass is 296 g/mol. The van der Waals surface area contributed by atoms with Crippen LogP contribution < -0.4 is 5.73 Å². The fourth-order valence-corrected chi connectivity index (χ4v) is 2.75. The lowest BCUT2D eigenvalue weighted by Crippen LogP contribution is -2.41. The second-order valence-electron chi connectivity index (χ2n) is 5.61. The van der Waals surface area contributed by atoms with Gasteiger partial charge < -0.3 is 10.6 Å². The van der Waals surface area contributed by atoms with Crippen LogP contribution in [0.3, 0.4) is 0 Å². The minimum absolute atomic E-state index is 0.178. The van der Waals surface area contributed by atoms with Crippen LogP contribution in [0.5, 0.6) is 0 Å². The second kappa shape index (κ2) is 8.23. The van der Waals surface area contributed by atoms with Crippen LogP contribution in [-0.4, -0.2) is 17.5 Å². The number of likely N-dealkylation sites (tertiary alicyclic amines) is 1. The van der Waals surface area contributed by atoms with Crippen LogP contribution in [0, 0.1) is 6.92 Å². The Hall–Kier alpha value is -2.29. The van der Waals surface area contributed by atoms with Gasteiger partial charge in [0.2, 0.25) is 0 Å². The van der Waals surface area contributed by atoms with E-state index in [2.05, 4.69) is 31.2 Å². The Kier molecular flexibility index (Phi) is 6.01. The lowest BCUT2D eigenvalue weighted by Gasteiger charge is -2.34. The van der Waals surface area contributed by atoms with Crippen LogP contribution >= 0.6 is 0 Å². The van der Waals surface area contributed by atoms with Crippen molar-refractivity contribution < 1.29 is 4.79 Å². The molecular formula is C19H24N2O. The minimum Gasteiger partial charge on any atom is -0.351 e. The van der Waals surface area contributed by atoms with E-state index in [0.29, 0.717) is 0 Å². The number of nitrogens with two attached hydrogens (primary N) is 1. The molecule has 0 aliphatic carbocycles. The summed E-state index contributed by atoms with van der Waals surface area (Å²) in [6.45, 7) is 2.87. The van der Waals surface area contributed by atoms with E-state index in [4.69, 9.17) is 5.73 Å². The quantitative estimate of drug-likeness (QED) is 0.838. The Morgan fingerprint density at radius 1 is 1.00 bits per heavy atom. The maximum absolute atomic E-state index is 11.3. The molecule has 1 aliphatic heterocycles. The number of aryl methyl sites for hydroxylation is 1. The Morgan fingerprint density at radius 3 is 2.09 bits per heavy atom. The van der Waals surface area contributed by atoms with E-state index in [0.717, 1.165) is 19.4 Å². The van der Waals surface area contributed by atoms with E-state index in [1.54, 1.807) is 4.90 Å². The third-order valence-corrected chi connectivity index (χ3v) is 3.91. The maximum atomic E-state index is 11.3. The molecule has 2 amide bonds. The van der Waals surface area contributed by atoms with Gasteiger partial charge in [-0.3, -0.25) is 0 Å². The molecule has 3 nitrogen and oxygen atoms in total. The average molecular weight is 296 g/mol. The summed E-state index contributed by atoms with van der Waals surface area (Å²) in [5.74, 6) is 0. The van der Waals surface area contributed by atoms with Gasteiger partial charge >= 0.3 is 6.03 Å². The first-order valence-electron chi connectivity index (χ1n) is 7.81. The molecule has 2 N–H and O–H groups in total. The molecule has 116 valence electrons. The Balaban J connectivity index is 0.000000211. The Bertz CT molecular complexity index is 569. The molecule has 1 aliphatic rings. The zero-order chi connectivity index (χ0) is 15.8. The van der Waals surface area contributed by atoms with Crippen molar-refractivity contribution in [3.05, 3.63) is 71.8 Å². The van der Waals surface area contributed by atoms with Crippen LogP contribution in [0.25, 0.3) is 0 Å². The van der Waals surface area contributed by atoms with Crippen LogP contribution in [-0.2, 0) is 0 Å². The zero-order valence-electron chi connectivity index (χ0n) is 13.1. The van der Waals surface area contributed by atoms with E-state index in [-0.39, 0.29) is 12.1 Å². The predicted molar refractivity (Wildman–Crippen MR) is 90.5 cm³/mol. The summed E-state index contributed by atoms with van der Waals surface area (Å²) in [4.78, 5) is 13.1. The third kappa shape index (κ3) is 4.62. The molecule has 1 saturated heterocycles. The molecule has 0 saturated carbocycles. The van der Waals surface area contributed by atoms with Crippen molar-refractivity contribution >= 4 is 6.03 Å². The number of carbonyl (C=O) groups is 1. The highest BCUT2D eigenvalue weighted by atomic mass is 16.2. The van der Waals surface area contributed by atoms with Gasteiger partial charge in [0.1, 0.15) is 0 Å². The molecule has 3 heteroatoms. The highest BCUT2D eigenvalue weighted by Gasteiger charge is 2.25. The molecule has 1 atom stereocenters. The maximum Gasteiger partial charge on any atom is 0.315 e. The normalized spacial score (nSPS) is 17.3. The first-order valence-corrected chi connectivity index (χ1v) is 7.81. The largest absolute Gasteiger partial charge is 0.351 e. The number of urea groups is 1. The molecule has 2 aromatic rings. The smallest absolute Gasteiger partial charge is 0.315 e. The van der Waals surface area contributed by atoms with Crippen molar-refractivity contribution in [3.63, 3.8) is 0 Å². The predicted octanol–water partition coefficient (Wildman–Crippen LogP) is 4.29. The highest BCUT2D eigenvalue weighted by Crippen LogP contribution is 2.30. The fraction of sp³-hybridized carbons (Fsp3) is 0.316. The van der Waals surface area contributed by atoms with Gasteiger partial charge in [-0.05, 0) is 31.7 Å². The van der Waals surface area contributed by atoms with Crippen molar-refractivity contribution in [2.24, 2.45) is 5.73 Å². The Morgan fingerprint density at radius 2 is 1.59 bits per heavy atom. The SMILES string of the molecule is Cc1ccccc1.NC(=O)N1CCCCC1c1ccccc1.